The summed E-state index contributed by atoms with van der Waals surface area (Å²) in [6.45, 7) is 3.67. The molecule has 6 nitrogen and oxygen atoms in total. The minimum Gasteiger partial charge on any atom is -0.310 e. The Balaban J connectivity index is 1.81. The highest BCUT2D eigenvalue weighted by molar-refractivity contribution is 6.00. The van der Waals surface area contributed by atoms with E-state index in [0.29, 0.717) is 29.2 Å². The molecule has 0 saturated carbocycles. The molecule has 2 aromatic heterocycles. The fourth-order valence-electron chi connectivity index (χ4n) is 4.38. The first-order valence-corrected chi connectivity index (χ1v) is 11.0. The van der Waals surface area contributed by atoms with Crippen LogP contribution in [0.15, 0.2) is 60.8 Å². The number of halogens is 2. The Morgan fingerprint density at radius 1 is 0.912 bits per heavy atom. The normalized spacial score (nSPS) is 13.5. The maximum atomic E-state index is 13.7. The average molecular weight is 460 g/mol. The van der Waals surface area contributed by atoms with Gasteiger partial charge in [-0.05, 0) is 60.6 Å². The molecular weight excluding hydrogens is 436 g/mol. The van der Waals surface area contributed by atoms with E-state index in [0.717, 1.165) is 35.5 Å². The second-order valence-electron chi connectivity index (χ2n) is 8.41. The van der Waals surface area contributed by atoms with E-state index in [2.05, 4.69) is 15.2 Å². The molecule has 8 heteroatoms. The molecule has 0 saturated heterocycles. The minimum atomic E-state index is -0.355. The van der Waals surface area contributed by atoms with Crippen molar-refractivity contribution in [2.24, 2.45) is 0 Å². The second kappa shape index (κ2) is 8.79. The summed E-state index contributed by atoms with van der Waals surface area (Å²) in [5.41, 5.74) is 5.58. The first kappa shape index (κ1) is 21.9. The second-order valence-corrected chi connectivity index (χ2v) is 8.41. The zero-order chi connectivity index (χ0) is 23.8. The van der Waals surface area contributed by atoms with Crippen LogP contribution in [-0.4, -0.2) is 39.2 Å². The van der Waals surface area contributed by atoms with Crippen LogP contribution in [0.5, 0.6) is 0 Å². The van der Waals surface area contributed by atoms with Gasteiger partial charge in [-0.15, -0.1) is 0 Å². The Kier molecular flexibility index (Phi) is 5.67. The molecule has 2 aromatic carbocycles. The fourth-order valence-corrected chi connectivity index (χ4v) is 4.38. The summed E-state index contributed by atoms with van der Waals surface area (Å²) in [6, 6.07) is 14.2. The van der Waals surface area contributed by atoms with E-state index >= 15 is 0 Å². The lowest BCUT2D eigenvalue weighted by Crippen LogP contribution is -2.30. The van der Waals surface area contributed by atoms with Gasteiger partial charge in [-0.3, -0.25) is 14.4 Å². The van der Waals surface area contributed by atoms with Crippen molar-refractivity contribution in [3.8, 4) is 33.5 Å². The molecular formula is C26H23F2N5O. The van der Waals surface area contributed by atoms with Gasteiger partial charge >= 0.3 is 0 Å². The molecule has 172 valence electrons. The summed E-state index contributed by atoms with van der Waals surface area (Å²) in [5.74, 6) is -0.556. The first-order valence-electron chi connectivity index (χ1n) is 11.0. The van der Waals surface area contributed by atoms with Gasteiger partial charge in [0.25, 0.3) is 0 Å². The predicted molar refractivity (Wildman–Crippen MR) is 127 cm³/mol. The highest BCUT2D eigenvalue weighted by Crippen LogP contribution is 2.43. The van der Waals surface area contributed by atoms with E-state index in [1.807, 2.05) is 17.8 Å². The summed E-state index contributed by atoms with van der Waals surface area (Å²) in [6.07, 6.45) is 1.64. The third kappa shape index (κ3) is 4.08. The van der Waals surface area contributed by atoms with Gasteiger partial charge in [-0.2, -0.15) is 5.10 Å². The lowest BCUT2D eigenvalue weighted by Gasteiger charge is -2.25. The molecule has 3 heterocycles. The summed E-state index contributed by atoms with van der Waals surface area (Å²) < 4.78 is 29.4. The number of amides is 1. The van der Waals surface area contributed by atoms with Gasteiger partial charge in [0.05, 0.1) is 12.2 Å². The van der Waals surface area contributed by atoms with Crippen molar-refractivity contribution >= 4 is 11.7 Å². The zero-order valence-corrected chi connectivity index (χ0v) is 18.8. The van der Waals surface area contributed by atoms with E-state index in [4.69, 9.17) is 5.10 Å². The molecule has 5 rings (SSSR count). The molecule has 1 aliphatic rings. The number of aromatic nitrogens is 3. The highest BCUT2D eigenvalue weighted by atomic mass is 19.1. The van der Waals surface area contributed by atoms with Crippen LogP contribution >= 0.6 is 0 Å². The van der Waals surface area contributed by atoms with Gasteiger partial charge in [0.15, 0.2) is 0 Å². The fraction of sp³-hybridized carbons (Fsp3) is 0.192. The van der Waals surface area contributed by atoms with E-state index < -0.39 is 0 Å². The van der Waals surface area contributed by atoms with Gasteiger partial charge in [-0.1, -0.05) is 12.1 Å². The van der Waals surface area contributed by atoms with Gasteiger partial charge in [0.2, 0.25) is 5.91 Å². The quantitative estimate of drug-likeness (QED) is 0.469. The number of likely N-dealkylation sites (N-methyl/N-ethyl adjacent to an activating group) is 1. The Hall–Kier alpha value is -3.91. The van der Waals surface area contributed by atoms with Crippen molar-refractivity contribution in [3.63, 3.8) is 0 Å². The Morgan fingerprint density at radius 3 is 2.21 bits per heavy atom. The number of carbonyl (C=O) groups excluding carboxylic acids is 1. The maximum absolute atomic E-state index is 13.7. The monoisotopic (exact) mass is 459 g/mol. The van der Waals surface area contributed by atoms with Crippen molar-refractivity contribution in [2.75, 3.05) is 18.9 Å². The molecule has 0 atom stereocenters. The maximum Gasteiger partial charge on any atom is 0.222 e. The molecule has 34 heavy (non-hydrogen) atoms. The molecule has 1 aliphatic heterocycles. The van der Waals surface area contributed by atoms with Crippen LogP contribution in [0, 0.1) is 11.6 Å². The van der Waals surface area contributed by atoms with Crippen molar-refractivity contribution in [1.82, 2.24) is 19.7 Å². The molecule has 4 aromatic rings. The Labute approximate surface area is 195 Å². The number of fused-ring (bicyclic) bond motifs is 1. The van der Waals surface area contributed by atoms with Crippen LogP contribution in [0.4, 0.5) is 14.6 Å². The van der Waals surface area contributed by atoms with E-state index in [9.17, 15) is 13.6 Å². The van der Waals surface area contributed by atoms with E-state index in [1.54, 1.807) is 30.5 Å². The van der Waals surface area contributed by atoms with Crippen LogP contribution in [-0.2, 0) is 17.9 Å². The molecule has 0 radical (unpaired) electrons. The molecule has 0 aliphatic carbocycles. The van der Waals surface area contributed by atoms with Crippen molar-refractivity contribution in [3.05, 3.63) is 78.1 Å². The number of hydrogen-bond acceptors (Lipinski definition) is 4. The summed E-state index contributed by atoms with van der Waals surface area (Å²) in [5, 5.41) is 7.71. The Bertz CT molecular complexity index is 1360. The van der Waals surface area contributed by atoms with Crippen LogP contribution in [0.1, 0.15) is 12.6 Å². The number of hydrogen-bond donors (Lipinski definition) is 1. The molecule has 0 spiro atoms. The highest BCUT2D eigenvalue weighted by Gasteiger charge is 2.27. The number of rotatable bonds is 4. The number of anilines is 1. The summed E-state index contributed by atoms with van der Waals surface area (Å²) in [7, 11) is 2.05. The number of nitrogens with one attached hydrogen (secondary N) is 1. The third-order valence-corrected chi connectivity index (χ3v) is 5.94. The smallest absolute Gasteiger partial charge is 0.222 e. The van der Waals surface area contributed by atoms with E-state index in [1.165, 1.54) is 31.2 Å². The van der Waals surface area contributed by atoms with Crippen molar-refractivity contribution in [2.45, 2.75) is 20.0 Å². The van der Waals surface area contributed by atoms with Crippen LogP contribution in [0.2, 0.25) is 0 Å². The van der Waals surface area contributed by atoms with Crippen LogP contribution in [0.3, 0.4) is 0 Å². The van der Waals surface area contributed by atoms with Crippen molar-refractivity contribution in [1.29, 1.82) is 0 Å². The van der Waals surface area contributed by atoms with Gasteiger partial charge in [0.1, 0.15) is 23.1 Å². The Morgan fingerprint density at radius 2 is 1.56 bits per heavy atom. The van der Waals surface area contributed by atoms with Gasteiger partial charge in [-0.25, -0.2) is 13.8 Å². The first-order chi connectivity index (χ1) is 16.4. The molecule has 1 amide bonds. The zero-order valence-electron chi connectivity index (χ0n) is 18.8. The lowest BCUT2D eigenvalue weighted by atomic mass is 9.91. The molecule has 1 N–H and O–H groups in total. The molecule has 0 bridgehead atoms. The third-order valence-electron chi connectivity index (χ3n) is 5.94. The topological polar surface area (TPSA) is 63.1 Å². The van der Waals surface area contributed by atoms with Crippen LogP contribution < -0.4 is 5.32 Å². The standard InChI is InChI=1S/C26H23F2N5O/c1-16(34)30-26-23(17-3-7-19(27)8-4-17)21(11-12-29-26)24-22-15-32(2)13-14-33(22)31-25(24)18-5-9-20(28)10-6-18/h3-12H,13-15H2,1-2H3,(H,29,30,34). The lowest BCUT2D eigenvalue weighted by molar-refractivity contribution is -0.114. The molecule has 0 unspecified atom stereocenters. The van der Waals surface area contributed by atoms with Gasteiger partial charge < -0.3 is 5.32 Å². The SMILES string of the molecule is CC(=O)Nc1nccc(-c2c(-c3ccc(F)cc3)nn3c2CN(C)CC3)c1-c1ccc(F)cc1. The number of nitrogens with zero attached hydrogens (tertiary/aromatic N) is 4. The predicted octanol–water partition coefficient (Wildman–Crippen LogP) is 4.96. The van der Waals surface area contributed by atoms with Crippen LogP contribution in [0.25, 0.3) is 33.5 Å². The minimum absolute atomic E-state index is 0.261. The van der Waals surface area contributed by atoms with E-state index in [-0.39, 0.29) is 17.5 Å². The largest absolute Gasteiger partial charge is 0.310 e. The summed E-state index contributed by atoms with van der Waals surface area (Å²) in [4.78, 5) is 18.6. The number of pyridine rings is 1. The number of benzene rings is 2. The molecule has 0 fully saturated rings. The van der Waals surface area contributed by atoms with Gasteiger partial charge in [0, 0.05) is 42.9 Å². The summed E-state index contributed by atoms with van der Waals surface area (Å²) >= 11 is 0. The van der Waals surface area contributed by atoms with Crippen molar-refractivity contribution < 1.29 is 13.6 Å². The number of carbonyl (C=O) groups is 1. The average Bonchev–Trinajstić information content (AvgIpc) is 3.18.